The molecule has 0 aliphatic carbocycles. The van der Waals surface area contributed by atoms with Gasteiger partial charge in [-0.05, 0) is 30.3 Å². The Labute approximate surface area is 108 Å². The Morgan fingerprint density at radius 1 is 1.21 bits per heavy atom. The maximum absolute atomic E-state index is 13.5. The van der Waals surface area contributed by atoms with Crippen LogP contribution in [-0.2, 0) is 0 Å². The summed E-state index contributed by atoms with van der Waals surface area (Å²) in [5.41, 5.74) is 1.55. The first-order chi connectivity index (χ1) is 9.24. The van der Waals surface area contributed by atoms with Crippen LogP contribution in [0.4, 0.5) is 10.1 Å². The Hall–Kier alpha value is -2.69. The average Bonchev–Trinajstić information content (AvgIpc) is 2.85. The Bertz CT molecular complexity index is 737. The molecule has 2 heterocycles. The quantitative estimate of drug-likeness (QED) is 0.739. The predicted octanol–water partition coefficient (Wildman–Crippen LogP) is 2.95. The van der Waals surface area contributed by atoms with E-state index >= 15 is 0 Å². The molecule has 3 aromatic rings. The van der Waals surface area contributed by atoms with Crippen LogP contribution in [0.2, 0.25) is 0 Å². The van der Waals surface area contributed by atoms with Crippen LogP contribution >= 0.6 is 0 Å². The number of H-pyrrole nitrogens is 1. The van der Waals surface area contributed by atoms with Crippen molar-refractivity contribution in [1.29, 1.82) is 0 Å². The largest absolute Gasteiger partial charge is 0.350 e. The van der Waals surface area contributed by atoms with E-state index < -0.39 is 0 Å². The maximum Gasteiger partial charge on any atom is 0.272 e. The molecule has 0 radical (unpaired) electrons. The SMILES string of the molecule is O=C(Nc1ccncc1)c1cc2c(F)cccc2[nH]1. The molecule has 0 aliphatic heterocycles. The minimum Gasteiger partial charge on any atom is -0.350 e. The number of carbonyl (C=O) groups excluding carboxylic acids is 1. The molecule has 0 unspecified atom stereocenters. The molecule has 0 saturated heterocycles. The van der Waals surface area contributed by atoms with Gasteiger partial charge in [0.05, 0.1) is 0 Å². The van der Waals surface area contributed by atoms with E-state index in [4.69, 9.17) is 0 Å². The smallest absolute Gasteiger partial charge is 0.272 e. The van der Waals surface area contributed by atoms with Gasteiger partial charge in [0.25, 0.3) is 5.91 Å². The van der Waals surface area contributed by atoms with Crippen LogP contribution in [0.1, 0.15) is 10.5 Å². The van der Waals surface area contributed by atoms with E-state index in [0.29, 0.717) is 22.3 Å². The number of rotatable bonds is 2. The number of anilines is 1. The van der Waals surface area contributed by atoms with Crippen LogP contribution in [0.5, 0.6) is 0 Å². The molecule has 19 heavy (non-hydrogen) atoms. The second kappa shape index (κ2) is 4.53. The highest BCUT2D eigenvalue weighted by Gasteiger charge is 2.11. The number of carbonyl (C=O) groups is 1. The third kappa shape index (κ3) is 2.18. The summed E-state index contributed by atoms with van der Waals surface area (Å²) in [7, 11) is 0. The molecule has 5 heteroatoms. The molecule has 0 bridgehead atoms. The van der Waals surface area contributed by atoms with Crippen molar-refractivity contribution in [3.05, 3.63) is 60.3 Å². The number of nitrogens with one attached hydrogen (secondary N) is 2. The van der Waals surface area contributed by atoms with Crippen molar-refractivity contribution in [3.8, 4) is 0 Å². The van der Waals surface area contributed by atoms with Gasteiger partial charge in [-0.25, -0.2) is 4.39 Å². The molecule has 3 rings (SSSR count). The first-order valence-electron chi connectivity index (χ1n) is 5.72. The van der Waals surface area contributed by atoms with Crippen molar-refractivity contribution in [2.75, 3.05) is 5.32 Å². The monoisotopic (exact) mass is 255 g/mol. The van der Waals surface area contributed by atoms with Crippen molar-refractivity contribution in [1.82, 2.24) is 9.97 Å². The molecule has 0 aliphatic rings. The molecule has 0 saturated carbocycles. The maximum atomic E-state index is 13.5. The highest BCUT2D eigenvalue weighted by Crippen LogP contribution is 2.19. The zero-order valence-corrected chi connectivity index (χ0v) is 9.85. The molecule has 4 nitrogen and oxygen atoms in total. The molecular formula is C14H10FN3O. The van der Waals surface area contributed by atoms with E-state index in [1.165, 1.54) is 12.1 Å². The van der Waals surface area contributed by atoms with Gasteiger partial charge in [-0.2, -0.15) is 0 Å². The van der Waals surface area contributed by atoms with E-state index in [1.54, 1.807) is 36.7 Å². The van der Waals surface area contributed by atoms with Gasteiger partial charge < -0.3 is 10.3 Å². The molecule has 1 aromatic carbocycles. The number of nitrogens with zero attached hydrogens (tertiary/aromatic N) is 1. The summed E-state index contributed by atoms with van der Waals surface area (Å²) in [5, 5.41) is 3.11. The number of amides is 1. The van der Waals surface area contributed by atoms with E-state index in [9.17, 15) is 9.18 Å². The number of aromatic amines is 1. The zero-order valence-electron chi connectivity index (χ0n) is 9.85. The third-order valence-electron chi connectivity index (χ3n) is 2.79. The summed E-state index contributed by atoms with van der Waals surface area (Å²) in [4.78, 5) is 18.8. The number of fused-ring (bicyclic) bond motifs is 1. The minimum atomic E-state index is -0.350. The summed E-state index contributed by atoms with van der Waals surface area (Å²) in [5.74, 6) is -0.668. The first-order valence-corrected chi connectivity index (χ1v) is 5.72. The zero-order chi connectivity index (χ0) is 13.2. The lowest BCUT2D eigenvalue weighted by molar-refractivity contribution is 0.102. The lowest BCUT2D eigenvalue weighted by Crippen LogP contribution is -2.12. The van der Waals surface area contributed by atoms with Crippen LogP contribution < -0.4 is 5.32 Å². The number of benzene rings is 1. The lowest BCUT2D eigenvalue weighted by Gasteiger charge is -2.01. The van der Waals surface area contributed by atoms with E-state index in [2.05, 4.69) is 15.3 Å². The van der Waals surface area contributed by atoms with Gasteiger partial charge in [-0.3, -0.25) is 9.78 Å². The third-order valence-corrected chi connectivity index (χ3v) is 2.79. The average molecular weight is 255 g/mol. The van der Waals surface area contributed by atoms with Gasteiger partial charge in [0.2, 0.25) is 0 Å². The fourth-order valence-electron chi connectivity index (χ4n) is 1.87. The number of pyridine rings is 1. The normalized spacial score (nSPS) is 10.6. The second-order valence-corrected chi connectivity index (χ2v) is 4.07. The lowest BCUT2D eigenvalue weighted by atomic mass is 10.2. The van der Waals surface area contributed by atoms with Crippen molar-refractivity contribution >= 4 is 22.5 Å². The fraction of sp³-hybridized carbons (Fsp3) is 0. The Morgan fingerprint density at radius 3 is 2.74 bits per heavy atom. The first kappa shape index (κ1) is 11.4. The van der Waals surface area contributed by atoms with Crippen LogP contribution in [0.25, 0.3) is 10.9 Å². The molecule has 2 N–H and O–H groups in total. The van der Waals surface area contributed by atoms with Crippen molar-refractivity contribution in [2.45, 2.75) is 0 Å². The van der Waals surface area contributed by atoms with E-state index in [0.717, 1.165) is 0 Å². The molecule has 0 spiro atoms. The summed E-state index contributed by atoms with van der Waals surface area (Å²) in [6.45, 7) is 0. The fourth-order valence-corrected chi connectivity index (χ4v) is 1.87. The van der Waals surface area contributed by atoms with Crippen molar-refractivity contribution in [3.63, 3.8) is 0 Å². The van der Waals surface area contributed by atoms with Crippen molar-refractivity contribution < 1.29 is 9.18 Å². The van der Waals surface area contributed by atoms with Gasteiger partial charge in [0.1, 0.15) is 11.5 Å². The molecule has 0 fully saturated rings. The molecule has 1 amide bonds. The standard InChI is InChI=1S/C14H10FN3O/c15-11-2-1-3-12-10(11)8-13(18-12)14(19)17-9-4-6-16-7-5-9/h1-8,18H,(H,16,17,19). The number of hydrogen-bond acceptors (Lipinski definition) is 2. The molecule has 94 valence electrons. The van der Waals surface area contributed by atoms with E-state index in [1.807, 2.05) is 0 Å². The Morgan fingerprint density at radius 2 is 2.00 bits per heavy atom. The number of halogens is 1. The van der Waals surface area contributed by atoms with Crippen LogP contribution in [0, 0.1) is 5.82 Å². The highest BCUT2D eigenvalue weighted by molar-refractivity contribution is 6.05. The predicted molar refractivity (Wildman–Crippen MR) is 70.4 cm³/mol. The summed E-state index contributed by atoms with van der Waals surface area (Å²) < 4.78 is 13.5. The van der Waals surface area contributed by atoms with Crippen molar-refractivity contribution in [2.24, 2.45) is 0 Å². The van der Waals surface area contributed by atoms with E-state index in [-0.39, 0.29) is 11.7 Å². The minimum absolute atomic E-state index is 0.317. The van der Waals surface area contributed by atoms with Gasteiger partial charge in [0, 0.05) is 29.0 Å². The van der Waals surface area contributed by atoms with Gasteiger partial charge in [0.15, 0.2) is 0 Å². The van der Waals surface area contributed by atoms with Crippen LogP contribution in [0.3, 0.4) is 0 Å². The summed E-state index contributed by atoms with van der Waals surface area (Å²) in [6, 6.07) is 9.55. The second-order valence-electron chi connectivity index (χ2n) is 4.07. The summed E-state index contributed by atoms with van der Waals surface area (Å²) in [6.07, 6.45) is 3.17. The number of aromatic nitrogens is 2. The highest BCUT2D eigenvalue weighted by atomic mass is 19.1. The topological polar surface area (TPSA) is 57.8 Å². The van der Waals surface area contributed by atoms with Gasteiger partial charge in [-0.15, -0.1) is 0 Å². The Kier molecular flexibility index (Phi) is 2.72. The Balaban J connectivity index is 1.92. The van der Waals surface area contributed by atoms with Gasteiger partial charge in [-0.1, -0.05) is 6.07 Å². The van der Waals surface area contributed by atoms with Crippen LogP contribution in [0.15, 0.2) is 48.8 Å². The molecule has 0 atom stereocenters. The number of hydrogen-bond donors (Lipinski definition) is 2. The molecule has 2 aromatic heterocycles. The van der Waals surface area contributed by atoms with Gasteiger partial charge >= 0.3 is 0 Å². The summed E-state index contributed by atoms with van der Waals surface area (Å²) >= 11 is 0. The molecular weight excluding hydrogens is 245 g/mol. The van der Waals surface area contributed by atoms with Crippen LogP contribution in [-0.4, -0.2) is 15.9 Å².